The number of hydrogen-bond donors (Lipinski definition) is 2. The van der Waals surface area contributed by atoms with Gasteiger partial charge in [0.05, 0.1) is 23.4 Å². The molecule has 0 bridgehead atoms. The van der Waals surface area contributed by atoms with E-state index in [1.165, 1.54) is 23.5 Å². The number of oxime groups is 1. The molecule has 1 saturated carbocycles. The number of pyridine rings is 1. The third-order valence-electron chi connectivity index (χ3n) is 6.59. The van der Waals surface area contributed by atoms with E-state index in [4.69, 9.17) is 14.6 Å². The number of aromatic nitrogens is 2. The number of rotatable bonds is 12. The number of nitrogens with zero attached hydrogens (tertiary/aromatic N) is 4. The van der Waals surface area contributed by atoms with Crippen molar-refractivity contribution in [2.24, 2.45) is 5.16 Å². The number of ether oxygens (including phenoxy) is 1. The summed E-state index contributed by atoms with van der Waals surface area (Å²) in [5.74, 6) is 0.311. The van der Waals surface area contributed by atoms with E-state index < -0.39 is 15.7 Å². The zero-order chi connectivity index (χ0) is 27.4. The maximum atomic E-state index is 13.4. The molecule has 0 radical (unpaired) electrons. The molecule has 1 atom stereocenters. The molecule has 2 aromatic heterocycles. The largest absolute Gasteiger partial charge is 0.389 e. The first-order valence-electron chi connectivity index (χ1n) is 13.0. The van der Waals surface area contributed by atoms with Crippen molar-refractivity contribution in [2.45, 2.75) is 41.9 Å². The number of fused-ring (bicyclic) bond motifs is 1. The summed E-state index contributed by atoms with van der Waals surface area (Å²) < 4.78 is 30.5. The van der Waals surface area contributed by atoms with E-state index in [9.17, 15) is 13.2 Å². The Labute approximate surface area is 231 Å². The average molecular weight is 573 g/mol. The number of nitrogens with one attached hydrogen (secondary N) is 2. The molecule has 2 fully saturated rings. The van der Waals surface area contributed by atoms with Crippen LogP contribution in [0.2, 0.25) is 0 Å². The fraction of sp³-hybridized carbons (Fsp3) is 0.462. The van der Waals surface area contributed by atoms with E-state index in [0.717, 1.165) is 25.3 Å². The molecule has 39 heavy (non-hydrogen) atoms. The molecular formula is C26H32N6O5S2. The summed E-state index contributed by atoms with van der Waals surface area (Å²) in [6, 6.07) is 9.99. The first kappa shape index (κ1) is 27.4. The molecule has 0 spiro atoms. The molecule has 208 valence electrons. The molecule has 1 aliphatic heterocycles. The van der Waals surface area contributed by atoms with Crippen molar-refractivity contribution in [2.75, 3.05) is 50.6 Å². The maximum Gasteiger partial charge on any atom is 0.280 e. The van der Waals surface area contributed by atoms with Crippen LogP contribution in [0.5, 0.6) is 0 Å². The lowest BCUT2D eigenvalue weighted by atomic mass is 10.1. The number of carbonyl (C=O) groups excluding carboxylic acids is 1. The molecule has 13 heteroatoms. The maximum absolute atomic E-state index is 13.4. The lowest BCUT2D eigenvalue weighted by Crippen LogP contribution is -2.25. The molecule has 2 aliphatic rings. The predicted octanol–water partition coefficient (Wildman–Crippen LogP) is 2.82. The van der Waals surface area contributed by atoms with Gasteiger partial charge in [-0.05, 0) is 57.1 Å². The molecule has 1 saturated heterocycles. The summed E-state index contributed by atoms with van der Waals surface area (Å²) in [5.41, 5.74) is 1.13. The van der Waals surface area contributed by atoms with Gasteiger partial charge in [-0.3, -0.25) is 10.1 Å². The summed E-state index contributed by atoms with van der Waals surface area (Å²) in [5, 5.41) is 10.2. The Morgan fingerprint density at radius 1 is 1.18 bits per heavy atom. The number of carbonyl (C=O) groups is 1. The van der Waals surface area contributed by atoms with Gasteiger partial charge in [-0.15, -0.1) is 0 Å². The molecule has 3 heterocycles. The Morgan fingerprint density at radius 3 is 2.67 bits per heavy atom. The van der Waals surface area contributed by atoms with Gasteiger partial charge >= 0.3 is 0 Å². The van der Waals surface area contributed by atoms with E-state index in [1.54, 1.807) is 12.1 Å². The first-order chi connectivity index (χ1) is 18.8. The Balaban J connectivity index is 1.35. The van der Waals surface area contributed by atoms with Crippen molar-refractivity contribution in [3.05, 3.63) is 42.0 Å². The van der Waals surface area contributed by atoms with Crippen molar-refractivity contribution in [3.63, 3.8) is 0 Å². The minimum Gasteiger partial charge on any atom is -0.389 e. The van der Waals surface area contributed by atoms with Gasteiger partial charge in [0.2, 0.25) is 0 Å². The second-order valence-electron chi connectivity index (χ2n) is 9.65. The van der Waals surface area contributed by atoms with Gasteiger partial charge in [-0.2, -0.15) is 0 Å². The summed E-state index contributed by atoms with van der Waals surface area (Å²) in [6.45, 7) is 2.74. The van der Waals surface area contributed by atoms with E-state index in [1.807, 2.05) is 26.2 Å². The van der Waals surface area contributed by atoms with Crippen molar-refractivity contribution in [1.82, 2.24) is 15.3 Å². The highest BCUT2D eigenvalue weighted by atomic mass is 32.2. The SMILES string of the molecule is CNCCCN(C)c1ccc2nc(NC(=O)/C(=N/O[C@@H]3CCOC3)c3ccc(S(=O)(=O)C4CC4)cc3)sc2n1. The highest BCUT2D eigenvalue weighted by Gasteiger charge is 2.36. The van der Waals surface area contributed by atoms with Crippen LogP contribution >= 0.6 is 11.3 Å². The smallest absolute Gasteiger partial charge is 0.280 e. The first-order valence-corrected chi connectivity index (χ1v) is 15.3. The van der Waals surface area contributed by atoms with Crippen LogP contribution in [0.25, 0.3) is 10.3 Å². The summed E-state index contributed by atoms with van der Waals surface area (Å²) in [6.07, 6.45) is 2.77. The van der Waals surface area contributed by atoms with Gasteiger partial charge in [-0.1, -0.05) is 28.6 Å². The normalized spacial score (nSPS) is 17.9. The van der Waals surface area contributed by atoms with Crippen LogP contribution in [0, 0.1) is 0 Å². The average Bonchev–Trinajstić information content (AvgIpc) is 3.53. The van der Waals surface area contributed by atoms with Crippen molar-refractivity contribution in [1.29, 1.82) is 0 Å². The highest BCUT2D eigenvalue weighted by molar-refractivity contribution is 7.92. The highest BCUT2D eigenvalue weighted by Crippen LogP contribution is 2.33. The van der Waals surface area contributed by atoms with Gasteiger partial charge in [0, 0.05) is 25.6 Å². The predicted molar refractivity (Wildman–Crippen MR) is 151 cm³/mol. The van der Waals surface area contributed by atoms with Crippen molar-refractivity contribution >= 4 is 54.1 Å². The van der Waals surface area contributed by atoms with Crippen LogP contribution in [0.4, 0.5) is 10.9 Å². The molecule has 1 amide bonds. The molecule has 1 aromatic carbocycles. The second kappa shape index (κ2) is 11.9. The third-order valence-corrected chi connectivity index (χ3v) is 9.75. The summed E-state index contributed by atoms with van der Waals surface area (Å²) in [4.78, 5) is 31.2. The molecule has 2 N–H and O–H groups in total. The summed E-state index contributed by atoms with van der Waals surface area (Å²) in [7, 11) is 0.577. The molecular weight excluding hydrogens is 540 g/mol. The van der Waals surface area contributed by atoms with E-state index >= 15 is 0 Å². The van der Waals surface area contributed by atoms with Crippen LogP contribution in [0.15, 0.2) is 46.4 Å². The van der Waals surface area contributed by atoms with E-state index in [0.29, 0.717) is 53.5 Å². The number of hydrogen-bond acceptors (Lipinski definition) is 11. The van der Waals surface area contributed by atoms with Gasteiger partial charge in [0.1, 0.15) is 16.2 Å². The number of benzene rings is 1. The van der Waals surface area contributed by atoms with E-state index in [-0.39, 0.29) is 22.0 Å². The molecule has 3 aromatic rings. The zero-order valence-electron chi connectivity index (χ0n) is 21.9. The monoisotopic (exact) mass is 572 g/mol. The summed E-state index contributed by atoms with van der Waals surface area (Å²) >= 11 is 1.27. The van der Waals surface area contributed by atoms with Gasteiger partial charge in [0.15, 0.2) is 26.8 Å². The lowest BCUT2D eigenvalue weighted by molar-refractivity contribution is -0.110. The van der Waals surface area contributed by atoms with Crippen LogP contribution in [0.3, 0.4) is 0 Å². The standard InChI is InChI=1S/C26H32N6O5S2/c1-27-13-3-14-32(2)22-11-10-21-25(29-22)38-26(28-21)30-24(33)23(31-37-18-12-15-36-16-18)17-4-6-19(7-5-17)39(34,35)20-8-9-20/h4-7,10-11,18,20,27H,3,8-9,12-16H2,1-2H3,(H,28,30,33)/b31-23+/t18-/m1/s1. The Kier molecular flexibility index (Phi) is 8.40. The quantitative estimate of drug-likeness (QED) is 0.191. The van der Waals surface area contributed by atoms with Gasteiger partial charge in [-0.25, -0.2) is 18.4 Å². The number of anilines is 2. The number of amides is 1. The minimum atomic E-state index is -3.34. The van der Waals surface area contributed by atoms with Crippen LogP contribution in [-0.4, -0.2) is 81.8 Å². The fourth-order valence-corrected chi connectivity index (χ4v) is 6.64. The Hall–Kier alpha value is -3.13. The minimum absolute atomic E-state index is 0.0226. The molecule has 1 aliphatic carbocycles. The fourth-order valence-electron chi connectivity index (χ4n) is 4.16. The van der Waals surface area contributed by atoms with Crippen molar-refractivity contribution < 1.29 is 22.8 Å². The zero-order valence-corrected chi connectivity index (χ0v) is 23.6. The van der Waals surface area contributed by atoms with Crippen LogP contribution in [-0.2, 0) is 24.2 Å². The van der Waals surface area contributed by atoms with Gasteiger partial charge < -0.3 is 19.8 Å². The molecule has 11 nitrogen and oxygen atoms in total. The van der Waals surface area contributed by atoms with Crippen LogP contribution in [0.1, 0.15) is 31.2 Å². The second-order valence-corrected chi connectivity index (χ2v) is 12.9. The van der Waals surface area contributed by atoms with Crippen molar-refractivity contribution in [3.8, 4) is 0 Å². The van der Waals surface area contributed by atoms with Gasteiger partial charge in [0.25, 0.3) is 5.91 Å². The van der Waals surface area contributed by atoms with Crippen LogP contribution < -0.4 is 15.5 Å². The Bertz CT molecular complexity index is 1450. The number of sulfone groups is 1. The number of thiazole rings is 1. The topological polar surface area (TPSA) is 135 Å². The molecule has 0 unspecified atom stereocenters. The lowest BCUT2D eigenvalue weighted by Gasteiger charge is -2.17. The molecule has 5 rings (SSSR count). The Morgan fingerprint density at radius 2 is 1.97 bits per heavy atom. The third kappa shape index (κ3) is 6.55. The van der Waals surface area contributed by atoms with E-state index in [2.05, 4.69) is 25.7 Å².